The van der Waals surface area contributed by atoms with E-state index >= 15 is 0 Å². The number of nitrogens with zero attached hydrogens (tertiary/aromatic N) is 4. The van der Waals surface area contributed by atoms with Crippen LogP contribution in [0.25, 0.3) is 11.0 Å². The molecule has 6 nitrogen and oxygen atoms in total. The number of fused-ring (bicyclic) bond motifs is 1. The highest BCUT2D eigenvalue weighted by Crippen LogP contribution is 2.26. The van der Waals surface area contributed by atoms with Gasteiger partial charge >= 0.3 is 0 Å². The zero-order valence-electron chi connectivity index (χ0n) is 10.7. The van der Waals surface area contributed by atoms with E-state index in [9.17, 15) is 8.42 Å². The van der Waals surface area contributed by atoms with Crippen molar-refractivity contribution in [3.05, 3.63) is 24.3 Å². The summed E-state index contributed by atoms with van der Waals surface area (Å²) in [5, 5.41) is 8.35. The first-order valence-electron chi connectivity index (χ1n) is 6.31. The molecule has 1 aliphatic heterocycles. The second kappa shape index (κ2) is 4.57. The maximum absolute atomic E-state index is 11.5. The molecule has 0 amide bonds. The molecule has 7 heteroatoms. The normalized spacial score (nSPS) is 19.0. The molecule has 0 aliphatic carbocycles. The van der Waals surface area contributed by atoms with Gasteiger partial charge in [-0.3, -0.25) is 0 Å². The molecule has 0 radical (unpaired) electrons. The van der Waals surface area contributed by atoms with Crippen molar-refractivity contribution < 1.29 is 8.42 Å². The predicted molar refractivity (Wildman–Crippen MR) is 72.2 cm³/mol. The van der Waals surface area contributed by atoms with Crippen LogP contribution < -0.4 is 0 Å². The lowest BCUT2D eigenvalue weighted by atomic mass is 10.1. The maximum atomic E-state index is 11.5. The molecule has 1 aromatic heterocycles. The number of sulfonamides is 1. The monoisotopic (exact) mass is 280 g/mol. The first-order valence-corrected chi connectivity index (χ1v) is 8.15. The zero-order valence-corrected chi connectivity index (χ0v) is 11.5. The van der Waals surface area contributed by atoms with Gasteiger partial charge in [0.05, 0.1) is 17.8 Å². The van der Waals surface area contributed by atoms with Crippen molar-refractivity contribution in [3.8, 4) is 0 Å². The van der Waals surface area contributed by atoms with Gasteiger partial charge in [0.2, 0.25) is 10.0 Å². The van der Waals surface area contributed by atoms with Crippen molar-refractivity contribution in [1.29, 1.82) is 0 Å². The number of piperidine rings is 1. The number of hydrogen-bond donors (Lipinski definition) is 0. The van der Waals surface area contributed by atoms with Crippen LogP contribution in [0.3, 0.4) is 0 Å². The molecule has 0 spiro atoms. The van der Waals surface area contributed by atoms with E-state index in [1.54, 1.807) is 0 Å². The average molecular weight is 280 g/mol. The van der Waals surface area contributed by atoms with Gasteiger partial charge < -0.3 is 0 Å². The largest absolute Gasteiger partial charge is 0.242 e. The number of hydrogen-bond acceptors (Lipinski definition) is 4. The quantitative estimate of drug-likeness (QED) is 0.824. The smallest absolute Gasteiger partial charge is 0.211 e. The Balaban J connectivity index is 1.82. The fraction of sp³-hybridized carbons (Fsp3) is 0.500. The van der Waals surface area contributed by atoms with E-state index < -0.39 is 10.0 Å². The second-order valence-electron chi connectivity index (χ2n) is 4.92. The van der Waals surface area contributed by atoms with Gasteiger partial charge in [-0.2, -0.15) is 0 Å². The Kier molecular flexibility index (Phi) is 3.02. The van der Waals surface area contributed by atoms with Gasteiger partial charge in [0.25, 0.3) is 0 Å². The van der Waals surface area contributed by atoms with Gasteiger partial charge in [-0.25, -0.2) is 17.4 Å². The molecule has 2 heterocycles. The summed E-state index contributed by atoms with van der Waals surface area (Å²) in [7, 11) is -3.07. The molecule has 1 fully saturated rings. The van der Waals surface area contributed by atoms with Gasteiger partial charge in [-0.05, 0) is 25.0 Å². The van der Waals surface area contributed by atoms with E-state index in [0.717, 1.165) is 23.9 Å². The molecule has 0 saturated carbocycles. The highest BCUT2D eigenvalue weighted by molar-refractivity contribution is 7.88. The summed E-state index contributed by atoms with van der Waals surface area (Å²) >= 11 is 0. The lowest BCUT2D eigenvalue weighted by molar-refractivity contribution is 0.264. The van der Waals surface area contributed by atoms with Crippen LogP contribution in [-0.2, 0) is 10.0 Å². The predicted octanol–water partition coefficient (Wildman–Crippen LogP) is 1.03. The molecule has 3 rings (SSSR count). The summed E-state index contributed by atoms with van der Waals surface area (Å²) in [5.74, 6) is 0. The zero-order chi connectivity index (χ0) is 13.5. The molecule has 102 valence electrons. The van der Waals surface area contributed by atoms with Crippen molar-refractivity contribution in [3.63, 3.8) is 0 Å². The van der Waals surface area contributed by atoms with Crippen molar-refractivity contribution in [2.24, 2.45) is 0 Å². The fourth-order valence-electron chi connectivity index (χ4n) is 2.58. The minimum absolute atomic E-state index is 0.227. The van der Waals surface area contributed by atoms with Crippen LogP contribution >= 0.6 is 0 Å². The van der Waals surface area contributed by atoms with Gasteiger partial charge in [0.15, 0.2) is 0 Å². The van der Waals surface area contributed by atoms with Crippen molar-refractivity contribution in [1.82, 2.24) is 19.3 Å². The molecule has 1 saturated heterocycles. The van der Waals surface area contributed by atoms with Gasteiger partial charge in [0.1, 0.15) is 5.52 Å². The van der Waals surface area contributed by atoms with E-state index in [1.807, 2.05) is 28.9 Å². The summed E-state index contributed by atoms with van der Waals surface area (Å²) < 4.78 is 26.4. The maximum Gasteiger partial charge on any atom is 0.211 e. The Hall–Kier alpha value is -1.47. The molecule has 19 heavy (non-hydrogen) atoms. The molecule has 1 aromatic carbocycles. The first kappa shape index (κ1) is 12.6. The van der Waals surface area contributed by atoms with E-state index in [2.05, 4.69) is 10.3 Å². The number of aromatic nitrogens is 3. The third-order valence-corrected chi connectivity index (χ3v) is 4.92. The highest BCUT2D eigenvalue weighted by atomic mass is 32.2. The lowest BCUT2D eigenvalue weighted by Crippen LogP contribution is -2.38. The van der Waals surface area contributed by atoms with Crippen LogP contribution in [0.15, 0.2) is 24.3 Å². The standard InChI is InChI=1S/C12H16N4O2S/c1-19(17,18)15-8-6-10(7-9-15)16-12-5-3-2-4-11(12)13-14-16/h2-5,10H,6-9H2,1H3. The van der Waals surface area contributed by atoms with Crippen molar-refractivity contribution in [2.45, 2.75) is 18.9 Å². The molecular weight excluding hydrogens is 264 g/mol. The fourth-order valence-corrected chi connectivity index (χ4v) is 3.45. The Morgan fingerprint density at radius 3 is 2.58 bits per heavy atom. The van der Waals surface area contributed by atoms with E-state index in [1.165, 1.54) is 10.6 Å². The minimum atomic E-state index is -3.07. The van der Waals surface area contributed by atoms with E-state index in [-0.39, 0.29) is 6.04 Å². The Labute approximate surface area is 112 Å². The Morgan fingerprint density at radius 1 is 1.21 bits per heavy atom. The van der Waals surface area contributed by atoms with Crippen LogP contribution in [0.5, 0.6) is 0 Å². The topological polar surface area (TPSA) is 68.1 Å². The number of rotatable bonds is 2. The van der Waals surface area contributed by atoms with E-state index in [4.69, 9.17) is 0 Å². The van der Waals surface area contributed by atoms with Gasteiger partial charge in [-0.15, -0.1) is 5.10 Å². The average Bonchev–Trinajstić information content (AvgIpc) is 2.82. The van der Waals surface area contributed by atoms with Crippen LogP contribution in [0.4, 0.5) is 0 Å². The van der Waals surface area contributed by atoms with Crippen molar-refractivity contribution >= 4 is 21.1 Å². The van der Waals surface area contributed by atoms with E-state index in [0.29, 0.717) is 13.1 Å². The van der Waals surface area contributed by atoms with Crippen LogP contribution in [0.2, 0.25) is 0 Å². The second-order valence-corrected chi connectivity index (χ2v) is 6.90. The molecule has 0 unspecified atom stereocenters. The Bertz CT molecular complexity index is 687. The number of para-hydroxylation sites is 1. The summed E-state index contributed by atoms with van der Waals surface area (Å²) in [5.41, 5.74) is 1.90. The molecule has 0 N–H and O–H groups in total. The lowest BCUT2D eigenvalue weighted by Gasteiger charge is -2.30. The van der Waals surface area contributed by atoms with Crippen molar-refractivity contribution in [2.75, 3.05) is 19.3 Å². The molecule has 0 atom stereocenters. The summed E-state index contributed by atoms with van der Waals surface area (Å²) in [4.78, 5) is 0. The number of benzene rings is 1. The summed E-state index contributed by atoms with van der Waals surface area (Å²) in [6.07, 6.45) is 2.82. The highest BCUT2D eigenvalue weighted by Gasteiger charge is 2.27. The van der Waals surface area contributed by atoms with Crippen LogP contribution in [0.1, 0.15) is 18.9 Å². The summed E-state index contributed by atoms with van der Waals surface area (Å²) in [6, 6.07) is 8.06. The SMILES string of the molecule is CS(=O)(=O)N1CCC(n2nnc3ccccc32)CC1. The van der Waals surface area contributed by atoms with Crippen LogP contribution in [-0.4, -0.2) is 47.1 Å². The first-order chi connectivity index (χ1) is 9.05. The minimum Gasteiger partial charge on any atom is -0.242 e. The Morgan fingerprint density at radius 2 is 1.89 bits per heavy atom. The third-order valence-electron chi connectivity index (χ3n) is 3.62. The molecular formula is C12H16N4O2S. The van der Waals surface area contributed by atoms with Gasteiger partial charge in [0, 0.05) is 13.1 Å². The van der Waals surface area contributed by atoms with Crippen LogP contribution in [0, 0.1) is 0 Å². The summed E-state index contributed by atoms with van der Waals surface area (Å²) in [6.45, 7) is 1.11. The third kappa shape index (κ3) is 2.35. The molecule has 1 aliphatic rings. The molecule has 0 bridgehead atoms. The van der Waals surface area contributed by atoms with Gasteiger partial charge in [-0.1, -0.05) is 17.3 Å². The molecule has 2 aromatic rings.